The Morgan fingerprint density at radius 3 is 1.95 bits per heavy atom. The minimum Gasteiger partial charge on any atom is -0.0856 e. The van der Waals surface area contributed by atoms with Gasteiger partial charge in [-0.25, -0.2) is 0 Å². The Hall–Kier alpha value is -0.780. The Morgan fingerprint density at radius 1 is 0.850 bits per heavy atom. The van der Waals surface area contributed by atoms with E-state index in [1.165, 1.54) is 56.1 Å². The summed E-state index contributed by atoms with van der Waals surface area (Å²) in [5, 5.41) is 0. The third-order valence-electron chi connectivity index (χ3n) is 3.77. The standard InChI is InChI=1S/C20H36/c1-7-10-18(4)15-16-20(6)14-9-13-19(5)12-8-11-17(2)3/h11,13,16,18H,7-10,12,14-15H2,1-6H3/b19-13+,20-16+. The molecule has 0 radical (unpaired) electrons. The molecule has 1 atom stereocenters. The van der Waals surface area contributed by atoms with Crippen molar-refractivity contribution in [3.8, 4) is 0 Å². The van der Waals surface area contributed by atoms with Gasteiger partial charge >= 0.3 is 0 Å². The lowest BCUT2D eigenvalue weighted by atomic mass is 9.99. The molecule has 0 aromatic heterocycles. The van der Waals surface area contributed by atoms with Crippen molar-refractivity contribution in [1.29, 1.82) is 0 Å². The highest BCUT2D eigenvalue weighted by Gasteiger charge is 1.98. The third kappa shape index (κ3) is 12.3. The van der Waals surface area contributed by atoms with Crippen molar-refractivity contribution in [2.24, 2.45) is 5.92 Å². The summed E-state index contributed by atoms with van der Waals surface area (Å²) >= 11 is 0. The fraction of sp³-hybridized carbons (Fsp3) is 0.700. The largest absolute Gasteiger partial charge is 0.0856 e. The third-order valence-corrected chi connectivity index (χ3v) is 3.77. The van der Waals surface area contributed by atoms with Gasteiger partial charge in [0.05, 0.1) is 0 Å². The molecule has 0 saturated heterocycles. The van der Waals surface area contributed by atoms with Crippen molar-refractivity contribution >= 4 is 0 Å². The second-order valence-electron chi connectivity index (χ2n) is 6.59. The lowest BCUT2D eigenvalue weighted by molar-refractivity contribution is 0.530. The lowest BCUT2D eigenvalue weighted by Gasteiger charge is -2.07. The van der Waals surface area contributed by atoms with Gasteiger partial charge < -0.3 is 0 Å². The maximum atomic E-state index is 2.45. The van der Waals surface area contributed by atoms with Crippen molar-refractivity contribution in [1.82, 2.24) is 0 Å². The SMILES string of the molecule is CCCC(C)C/C=C(\C)CC/C=C(\C)CCC=C(C)C. The molecule has 116 valence electrons. The lowest BCUT2D eigenvalue weighted by Crippen LogP contribution is -1.91. The summed E-state index contributed by atoms with van der Waals surface area (Å²) in [6, 6.07) is 0. The zero-order valence-electron chi connectivity index (χ0n) is 14.8. The van der Waals surface area contributed by atoms with Crippen molar-refractivity contribution in [2.45, 2.75) is 86.5 Å². The van der Waals surface area contributed by atoms with E-state index in [4.69, 9.17) is 0 Å². The summed E-state index contributed by atoms with van der Waals surface area (Å²) in [7, 11) is 0. The first-order valence-corrected chi connectivity index (χ1v) is 8.40. The van der Waals surface area contributed by atoms with Gasteiger partial charge in [-0.2, -0.15) is 0 Å². The van der Waals surface area contributed by atoms with Gasteiger partial charge in [-0.15, -0.1) is 0 Å². The smallest absolute Gasteiger partial charge is 0.0288 e. The minimum absolute atomic E-state index is 0.844. The quantitative estimate of drug-likeness (QED) is 0.369. The fourth-order valence-corrected chi connectivity index (χ4v) is 2.35. The molecule has 0 aliphatic heterocycles. The highest BCUT2D eigenvalue weighted by molar-refractivity contribution is 5.05. The molecule has 0 bridgehead atoms. The highest BCUT2D eigenvalue weighted by Crippen LogP contribution is 2.15. The van der Waals surface area contributed by atoms with Crippen LogP contribution >= 0.6 is 0 Å². The molecule has 20 heavy (non-hydrogen) atoms. The Kier molecular flexibility index (Phi) is 11.5. The first kappa shape index (κ1) is 19.2. The molecule has 0 aromatic carbocycles. The summed E-state index contributed by atoms with van der Waals surface area (Å²) in [5.74, 6) is 0.844. The van der Waals surface area contributed by atoms with Crippen LogP contribution in [0.1, 0.15) is 86.5 Å². The molecule has 0 rings (SSSR count). The van der Waals surface area contributed by atoms with E-state index in [9.17, 15) is 0 Å². The van der Waals surface area contributed by atoms with Gasteiger partial charge in [-0.05, 0) is 65.7 Å². The first-order valence-electron chi connectivity index (χ1n) is 8.40. The van der Waals surface area contributed by atoms with Crippen molar-refractivity contribution in [3.05, 3.63) is 34.9 Å². The van der Waals surface area contributed by atoms with Gasteiger partial charge in [-0.3, -0.25) is 0 Å². The maximum absolute atomic E-state index is 2.45. The Balaban J connectivity index is 3.90. The molecule has 0 nitrogen and oxygen atoms in total. The van der Waals surface area contributed by atoms with E-state index in [0.29, 0.717) is 0 Å². The number of hydrogen-bond acceptors (Lipinski definition) is 0. The van der Waals surface area contributed by atoms with Crippen LogP contribution in [0.15, 0.2) is 34.9 Å². The monoisotopic (exact) mass is 276 g/mol. The summed E-state index contributed by atoms with van der Waals surface area (Å²) < 4.78 is 0. The normalized spacial score (nSPS) is 14.3. The fourth-order valence-electron chi connectivity index (χ4n) is 2.35. The van der Waals surface area contributed by atoms with Crippen LogP contribution in [0.5, 0.6) is 0 Å². The summed E-state index contributed by atoms with van der Waals surface area (Å²) in [5.41, 5.74) is 4.52. The average Bonchev–Trinajstić information content (AvgIpc) is 2.36. The Labute approximate surface area is 128 Å². The second kappa shape index (κ2) is 12.0. The molecule has 0 heteroatoms. The number of allylic oxidation sites excluding steroid dienone is 6. The van der Waals surface area contributed by atoms with Crippen molar-refractivity contribution < 1.29 is 0 Å². The van der Waals surface area contributed by atoms with Gasteiger partial charge in [-0.1, -0.05) is 61.6 Å². The van der Waals surface area contributed by atoms with Gasteiger partial charge in [0.2, 0.25) is 0 Å². The van der Waals surface area contributed by atoms with Gasteiger partial charge in [0, 0.05) is 0 Å². The minimum atomic E-state index is 0.844. The average molecular weight is 277 g/mol. The molecule has 1 unspecified atom stereocenters. The maximum Gasteiger partial charge on any atom is -0.0288 e. The van der Waals surface area contributed by atoms with E-state index in [-0.39, 0.29) is 0 Å². The van der Waals surface area contributed by atoms with Crippen LogP contribution in [0.3, 0.4) is 0 Å². The van der Waals surface area contributed by atoms with Crippen LogP contribution in [0.2, 0.25) is 0 Å². The van der Waals surface area contributed by atoms with Crippen LogP contribution in [0.25, 0.3) is 0 Å². The zero-order chi connectivity index (χ0) is 15.4. The zero-order valence-corrected chi connectivity index (χ0v) is 14.8. The molecule has 0 fully saturated rings. The van der Waals surface area contributed by atoms with Crippen LogP contribution in [0.4, 0.5) is 0 Å². The topological polar surface area (TPSA) is 0 Å². The molecule has 0 spiro atoms. The molecule has 0 N–H and O–H groups in total. The Bertz CT molecular complexity index is 324. The molecule has 0 aromatic rings. The van der Waals surface area contributed by atoms with Crippen LogP contribution in [-0.4, -0.2) is 0 Å². The summed E-state index contributed by atoms with van der Waals surface area (Å²) in [4.78, 5) is 0. The summed E-state index contributed by atoms with van der Waals surface area (Å²) in [6.07, 6.45) is 15.9. The number of rotatable bonds is 10. The van der Waals surface area contributed by atoms with E-state index in [2.05, 4.69) is 59.8 Å². The van der Waals surface area contributed by atoms with Gasteiger partial charge in [0.25, 0.3) is 0 Å². The highest BCUT2D eigenvalue weighted by atomic mass is 14.0. The molecule has 0 amide bonds. The first-order chi connectivity index (χ1) is 9.45. The second-order valence-corrected chi connectivity index (χ2v) is 6.59. The van der Waals surface area contributed by atoms with Crippen LogP contribution < -0.4 is 0 Å². The van der Waals surface area contributed by atoms with E-state index in [0.717, 1.165) is 5.92 Å². The van der Waals surface area contributed by atoms with Crippen molar-refractivity contribution in [2.75, 3.05) is 0 Å². The van der Waals surface area contributed by atoms with Gasteiger partial charge in [0.1, 0.15) is 0 Å². The molecule has 0 saturated carbocycles. The molecule has 0 aliphatic rings. The predicted molar refractivity (Wildman–Crippen MR) is 94.1 cm³/mol. The predicted octanol–water partition coefficient (Wildman–Crippen LogP) is 7.23. The Morgan fingerprint density at radius 2 is 1.40 bits per heavy atom. The summed E-state index contributed by atoms with van der Waals surface area (Å²) in [6.45, 7) is 13.5. The van der Waals surface area contributed by atoms with E-state index >= 15 is 0 Å². The molecule has 0 aliphatic carbocycles. The number of hydrogen-bond donors (Lipinski definition) is 0. The van der Waals surface area contributed by atoms with E-state index in [1.807, 2.05) is 0 Å². The van der Waals surface area contributed by atoms with E-state index < -0.39 is 0 Å². The van der Waals surface area contributed by atoms with Crippen LogP contribution in [-0.2, 0) is 0 Å². The molecular weight excluding hydrogens is 240 g/mol. The van der Waals surface area contributed by atoms with Gasteiger partial charge in [0.15, 0.2) is 0 Å². The van der Waals surface area contributed by atoms with E-state index in [1.54, 1.807) is 5.57 Å². The van der Waals surface area contributed by atoms with Crippen LogP contribution in [0, 0.1) is 5.92 Å². The molecule has 0 heterocycles. The molecular formula is C20H36. The van der Waals surface area contributed by atoms with Crippen molar-refractivity contribution in [3.63, 3.8) is 0 Å².